The first-order valence-electron chi connectivity index (χ1n) is 6.47. The van der Waals surface area contributed by atoms with Crippen LogP contribution in [0, 0.1) is 11.3 Å². The Bertz CT molecular complexity index is 817. The molecular formula is C17H13NO2S. The van der Waals surface area contributed by atoms with Gasteiger partial charge in [-0.25, -0.2) is 0 Å². The molecule has 3 rings (SSSR count). The molecule has 2 aromatic carbocycles. The van der Waals surface area contributed by atoms with Crippen molar-refractivity contribution in [1.82, 2.24) is 0 Å². The summed E-state index contributed by atoms with van der Waals surface area (Å²) in [6, 6.07) is 15.6. The lowest BCUT2D eigenvalue weighted by molar-refractivity contribution is 0.305. The van der Waals surface area contributed by atoms with E-state index in [4.69, 9.17) is 14.7 Å². The molecule has 0 aliphatic rings. The molecule has 3 nitrogen and oxygen atoms in total. The molecule has 0 amide bonds. The highest BCUT2D eigenvalue weighted by Gasteiger charge is 2.06. The minimum absolute atomic E-state index is 0.474. The molecule has 0 radical (unpaired) electrons. The van der Waals surface area contributed by atoms with Gasteiger partial charge in [0.15, 0.2) is 0 Å². The van der Waals surface area contributed by atoms with Gasteiger partial charge in [-0.15, -0.1) is 11.3 Å². The SMILES string of the molecule is COc1cc(C#N)cc(OCc2csc3ccccc23)c1. The topological polar surface area (TPSA) is 42.2 Å². The van der Waals surface area contributed by atoms with E-state index in [0.29, 0.717) is 23.7 Å². The lowest BCUT2D eigenvalue weighted by Crippen LogP contribution is -1.95. The maximum Gasteiger partial charge on any atom is 0.124 e. The Morgan fingerprint density at radius 1 is 1.14 bits per heavy atom. The van der Waals surface area contributed by atoms with Gasteiger partial charge in [-0.05, 0) is 29.0 Å². The number of hydrogen-bond acceptors (Lipinski definition) is 4. The number of thiophene rings is 1. The van der Waals surface area contributed by atoms with E-state index in [-0.39, 0.29) is 0 Å². The summed E-state index contributed by atoms with van der Waals surface area (Å²) in [5.74, 6) is 1.26. The molecule has 21 heavy (non-hydrogen) atoms. The van der Waals surface area contributed by atoms with E-state index in [1.165, 1.54) is 10.1 Å². The third-order valence-corrected chi connectivity index (χ3v) is 4.21. The maximum atomic E-state index is 9.02. The van der Waals surface area contributed by atoms with Crippen molar-refractivity contribution < 1.29 is 9.47 Å². The fraction of sp³-hybridized carbons (Fsp3) is 0.118. The molecule has 0 saturated heterocycles. The predicted molar refractivity (Wildman–Crippen MR) is 83.9 cm³/mol. The van der Waals surface area contributed by atoms with E-state index >= 15 is 0 Å². The second-order valence-electron chi connectivity index (χ2n) is 4.55. The number of fused-ring (bicyclic) bond motifs is 1. The monoisotopic (exact) mass is 295 g/mol. The van der Waals surface area contributed by atoms with Crippen LogP contribution < -0.4 is 9.47 Å². The van der Waals surface area contributed by atoms with Gasteiger partial charge in [0.25, 0.3) is 0 Å². The molecular weight excluding hydrogens is 282 g/mol. The summed E-state index contributed by atoms with van der Waals surface area (Å²) < 4.78 is 12.2. The van der Waals surface area contributed by atoms with Crippen molar-refractivity contribution >= 4 is 21.4 Å². The summed E-state index contributed by atoms with van der Waals surface area (Å²) in [4.78, 5) is 0. The highest BCUT2D eigenvalue weighted by atomic mass is 32.1. The van der Waals surface area contributed by atoms with Crippen LogP contribution in [0.2, 0.25) is 0 Å². The zero-order valence-corrected chi connectivity index (χ0v) is 12.3. The second-order valence-corrected chi connectivity index (χ2v) is 5.47. The number of benzene rings is 2. The lowest BCUT2D eigenvalue weighted by Gasteiger charge is -2.08. The van der Waals surface area contributed by atoms with E-state index in [9.17, 15) is 0 Å². The Hall–Kier alpha value is -2.51. The molecule has 1 aromatic heterocycles. The minimum atomic E-state index is 0.474. The first-order chi connectivity index (χ1) is 10.3. The fourth-order valence-corrected chi connectivity index (χ4v) is 3.09. The van der Waals surface area contributed by atoms with E-state index in [1.807, 2.05) is 12.1 Å². The van der Waals surface area contributed by atoms with Crippen molar-refractivity contribution in [3.05, 3.63) is 59.0 Å². The van der Waals surface area contributed by atoms with Crippen molar-refractivity contribution in [3.63, 3.8) is 0 Å². The third-order valence-electron chi connectivity index (χ3n) is 3.20. The summed E-state index contributed by atoms with van der Waals surface area (Å²) in [6.07, 6.45) is 0. The highest BCUT2D eigenvalue weighted by molar-refractivity contribution is 7.17. The van der Waals surface area contributed by atoms with Gasteiger partial charge in [0.2, 0.25) is 0 Å². The summed E-state index contributed by atoms with van der Waals surface area (Å²) >= 11 is 1.71. The second kappa shape index (κ2) is 5.86. The number of nitrogens with zero attached hydrogens (tertiary/aromatic N) is 1. The zero-order valence-electron chi connectivity index (χ0n) is 11.5. The maximum absolute atomic E-state index is 9.02. The fourth-order valence-electron chi connectivity index (χ4n) is 2.14. The van der Waals surface area contributed by atoms with Crippen LogP contribution in [0.15, 0.2) is 47.8 Å². The molecule has 0 atom stereocenters. The Morgan fingerprint density at radius 3 is 2.76 bits per heavy atom. The van der Waals surface area contributed by atoms with Crippen LogP contribution in [-0.4, -0.2) is 7.11 Å². The van der Waals surface area contributed by atoms with E-state index in [1.54, 1.807) is 36.6 Å². The Morgan fingerprint density at radius 2 is 1.95 bits per heavy atom. The van der Waals surface area contributed by atoms with Crippen LogP contribution in [0.4, 0.5) is 0 Å². The lowest BCUT2D eigenvalue weighted by atomic mass is 10.2. The third kappa shape index (κ3) is 2.83. The van der Waals surface area contributed by atoms with Crippen LogP contribution in [0.1, 0.15) is 11.1 Å². The molecule has 4 heteroatoms. The van der Waals surface area contributed by atoms with E-state index < -0.39 is 0 Å². The first kappa shape index (κ1) is 13.5. The average molecular weight is 295 g/mol. The molecule has 1 heterocycles. The minimum Gasteiger partial charge on any atom is -0.497 e. The molecule has 0 unspecified atom stereocenters. The number of hydrogen-bond donors (Lipinski definition) is 0. The Kier molecular flexibility index (Phi) is 3.76. The van der Waals surface area contributed by atoms with Gasteiger partial charge in [0, 0.05) is 16.3 Å². The number of nitriles is 1. The van der Waals surface area contributed by atoms with Crippen molar-refractivity contribution in [1.29, 1.82) is 5.26 Å². The quantitative estimate of drug-likeness (QED) is 0.718. The molecule has 3 aromatic rings. The van der Waals surface area contributed by atoms with Crippen LogP contribution in [-0.2, 0) is 6.61 Å². The summed E-state index contributed by atoms with van der Waals surface area (Å²) in [5, 5.41) is 12.3. The van der Waals surface area contributed by atoms with Crippen LogP contribution in [0.25, 0.3) is 10.1 Å². The van der Waals surface area contributed by atoms with Crippen LogP contribution >= 0.6 is 11.3 Å². The molecule has 0 spiro atoms. The standard InChI is InChI=1S/C17H13NO2S/c1-19-14-6-12(9-18)7-15(8-14)20-10-13-11-21-17-5-3-2-4-16(13)17/h2-8,11H,10H2,1H3. The van der Waals surface area contributed by atoms with Gasteiger partial charge in [-0.2, -0.15) is 5.26 Å². The van der Waals surface area contributed by atoms with Crippen LogP contribution in [0.3, 0.4) is 0 Å². The average Bonchev–Trinajstić information content (AvgIpc) is 2.95. The highest BCUT2D eigenvalue weighted by Crippen LogP contribution is 2.28. The van der Waals surface area contributed by atoms with Gasteiger partial charge in [-0.3, -0.25) is 0 Å². The van der Waals surface area contributed by atoms with E-state index in [2.05, 4.69) is 23.6 Å². The van der Waals surface area contributed by atoms with E-state index in [0.717, 1.165) is 5.56 Å². The summed E-state index contributed by atoms with van der Waals surface area (Å²) in [6.45, 7) is 0.474. The van der Waals surface area contributed by atoms with Crippen molar-refractivity contribution in [3.8, 4) is 17.6 Å². The Balaban J connectivity index is 1.83. The first-order valence-corrected chi connectivity index (χ1v) is 7.35. The van der Waals surface area contributed by atoms with Gasteiger partial charge < -0.3 is 9.47 Å². The van der Waals surface area contributed by atoms with Crippen molar-refractivity contribution in [2.45, 2.75) is 6.61 Å². The van der Waals surface area contributed by atoms with Gasteiger partial charge in [0.05, 0.1) is 18.7 Å². The molecule has 0 bridgehead atoms. The largest absolute Gasteiger partial charge is 0.497 e. The Labute approximate surface area is 127 Å². The number of rotatable bonds is 4. The molecule has 0 aliphatic heterocycles. The summed E-state index contributed by atoms with van der Waals surface area (Å²) in [5.41, 5.74) is 1.68. The summed E-state index contributed by atoms with van der Waals surface area (Å²) in [7, 11) is 1.58. The van der Waals surface area contributed by atoms with Gasteiger partial charge in [-0.1, -0.05) is 18.2 Å². The smallest absolute Gasteiger partial charge is 0.124 e. The number of methoxy groups -OCH3 is 1. The van der Waals surface area contributed by atoms with Gasteiger partial charge >= 0.3 is 0 Å². The molecule has 0 aliphatic carbocycles. The normalized spacial score (nSPS) is 10.3. The predicted octanol–water partition coefficient (Wildman–Crippen LogP) is 4.36. The van der Waals surface area contributed by atoms with Crippen molar-refractivity contribution in [2.75, 3.05) is 7.11 Å². The molecule has 104 valence electrons. The van der Waals surface area contributed by atoms with Crippen molar-refractivity contribution in [2.24, 2.45) is 0 Å². The molecule has 0 N–H and O–H groups in total. The zero-order chi connectivity index (χ0) is 14.7. The number of ether oxygens (including phenoxy) is 2. The van der Waals surface area contributed by atoms with Gasteiger partial charge in [0.1, 0.15) is 18.1 Å². The van der Waals surface area contributed by atoms with Crippen LogP contribution in [0.5, 0.6) is 11.5 Å². The molecule has 0 saturated carbocycles. The molecule has 0 fully saturated rings.